The third-order valence-corrected chi connectivity index (χ3v) is 3.71. The molecule has 1 unspecified atom stereocenters. The number of carbonyl (C=O) groups excluding carboxylic acids is 2. The number of amides is 1. The van der Waals surface area contributed by atoms with E-state index in [1.807, 2.05) is 4.90 Å². The standard InChI is InChI=1S/C15H19ClN2O2.ClH/c1-11-10-18(9-8-17-11)15(20)7-6-14(19)12-2-4-13(16)5-3-12;/h2-5,11,17H,6-10H2,1H3;1H. The van der Waals surface area contributed by atoms with E-state index in [0.29, 0.717) is 23.2 Å². The van der Waals surface area contributed by atoms with Crippen LogP contribution in [0.2, 0.25) is 5.02 Å². The summed E-state index contributed by atoms with van der Waals surface area (Å²) < 4.78 is 0. The molecule has 1 heterocycles. The molecule has 1 aromatic carbocycles. The van der Waals surface area contributed by atoms with Gasteiger partial charge in [0, 0.05) is 49.1 Å². The van der Waals surface area contributed by atoms with E-state index in [1.54, 1.807) is 24.3 Å². The quantitative estimate of drug-likeness (QED) is 0.863. The van der Waals surface area contributed by atoms with Crippen LogP contribution >= 0.6 is 24.0 Å². The van der Waals surface area contributed by atoms with Crippen LogP contribution in [-0.2, 0) is 4.79 Å². The number of ketones is 1. The lowest BCUT2D eigenvalue weighted by Crippen LogP contribution is -2.51. The molecule has 1 aromatic rings. The number of rotatable bonds is 4. The fraction of sp³-hybridized carbons (Fsp3) is 0.467. The van der Waals surface area contributed by atoms with Crippen LogP contribution in [0.4, 0.5) is 0 Å². The van der Waals surface area contributed by atoms with Gasteiger partial charge in [-0.15, -0.1) is 12.4 Å². The predicted molar refractivity (Wildman–Crippen MR) is 86.3 cm³/mol. The summed E-state index contributed by atoms with van der Waals surface area (Å²) >= 11 is 5.78. The molecule has 21 heavy (non-hydrogen) atoms. The van der Waals surface area contributed by atoms with E-state index in [0.717, 1.165) is 13.1 Å². The molecule has 0 aromatic heterocycles. The maximum Gasteiger partial charge on any atom is 0.223 e. The monoisotopic (exact) mass is 330 g/mol. The van der Waals surface area contributed by atoms with E-state index in [-0.39, 0.29) is 36.9 Å². The van der Waals surface area contributed by atoms with Crippen LogP contribution in [0.1, 0.15) is 30.1 Å². The fourth-order valence-electron chi connectivity index (χ4n) is 2.32. The third-order valence-electron chi connectivity index (χ3n) is 3.45. The lowest BCUT2D eigenvalue weighted by atomic mass is 10.1. The van der Waals surface area contributed by atoms with Gasteiger partial charge in [0.2, 0.25) is 5.91 Å². The number of nitrogens with zero attached hydrogens (tertiary/aromatic N) is 1. The Hall–Kier alpha value is -1.10. The first-order valence-electron chi connectivity index (χ1n) is 6.86. The minimum absolute atomic E-state index is 0. The van der Waals surface area contributed by atoms with Crippen LogP contribution in [-0.4, -0.2) is 42.3 Å². The minimum atomic E-state index is -0.0156. The van der Waals surface area contributed by atoms with Crippen LogP contribution in [0.25, 0.3) is 0 Å². The normalized spacial score (nSPS) is 18.0. The number of hydrogen-bond donors (Lipinski definition) is 1. The third kappa shape index (κ3) is 5.30. The van der Waals surface area contributed by atoms with E-state index in [4.69, 9.17) is 11.6 Å². The van der Waals surface area contributed by atoms with Gasteiger partial charge in [-0.2, -0.15) is 0 Å². The van der Waals surface area contributed by atoms with Gasteiger partial charge in [-0.3, -0.25) is 9.59 Å². The Morgan fingerprint density at radius 1 is 1.29 bits per heavy atom. The molecule has 1 aliphatic rings. The SMILES string of the molecule is CC1CN(C(=O)CCC(=O)c2ccc(Cl)cc2)CCN1.Cl. The van der Waals surface area contributed by atoms with E-state index in [2.05, 4.69) is 12.2 Å². The molecule has 1 atom stereocenters. The van der Waals surface area contributed by atoms with Gasteiger partial charge in [-0.05, 0) is 31.2 Å². The maximum atomic E-state index is 12.1. The second kappa shape index (κ2) is 8.37. The number of nitrogens with one attached hydrogen (secondary N) is 1. The van der Waals surface area contributed by atoms with Gasteiger partial charge in [0.05, 0.1) is 0 Å². The Morgan fingerprint density at radius 2 is 1.95 bits per heavy atom. The molecule has 1 fully saturated rings. The molecule has 0 aliphatic carbocycles. The van der Waals surface area contributed by atoms with Crippen molar-refractivity contribution in [1.82, 2.24) is 10.2 Å². The second-order valence-electron chi connectivity index (χ2n) is 5.12. The molecule has 1 N–H and O–H groups in total. The summed E-state index contributed by atoms with van der Waals surface area (Å²) in [4.78, 5) is 25.9. The molecule has 1 aliphatic heterocycles. The van der Waals surface area contributed by atoms with Crippen molar-refractivity contribution in [1.29, 1.82) is 0 Å². The Bertz CT molecular complexity index is 491. The number of Topliss-reactive ketones (excluding diaryl/α,β-unsaturated/α-hetero) is 1. The number of halogens is 2. The highest BCUT2D eigenvalue weighted by atomic mass is 35.5. The maximum absolute atomic E-state index is 12.1. The summed E-state index contributed by atoms with van der Waals surface area (Å²) in [5.41, 5.74) is 0.607. The summed E-state index contributed by atoms with van der Waals surface area (Å²) in [5.74, 6) is 0.0406. The van der Waals surface area contributed by atoms with Crippen molar-refractivity contribution in [3.8, 4) is 0 Å². The van der Waals surface area contributed by atoms with Crippen molar-refractivity contribution in [3.05, 3.63) is 34.9 Å². The number of benzene rings is 1. The Morgan fingerprint density at radius 3 is 2.57 bits per heavy atom. The van der Waals surface area contributed by atoms with Crippen molar-refractivity contribution >= 4 is 35.7 Å². The molecule has 2 rings (SSSR count). The molecule has 0 spiro atoms. The van der Waals surface area contributed by atoms with Crippen molar-refractivity contribution in [2.24, 2.45) is 0 Å². The van der Waals surface area contributed by atoms with Crippen LogP contribution in [0.5, 0.6) is 0 Å². The fourth-order valence-corrected chi connectivity index (χ4v) is 2.44. The summed E-state index contributed by atoms with van der Waals surface area (Å²) in [6, 6.07) is 7.09. The van der Waals surface area contributed by atoms with Crippen LogP contribution in [0.3, 0.4) is 0 Å². The highest BCUT2D eigenvalue weighted by molar-refractivity contribution is 6.30. The van der Waals surface area contributed by atoms with Gasteiger partial charge in [-0.25, -0.2) is 0 Å². The van der Waals surface area contributed by atoms with Crippen LogP contribution < -0.4 is 5.32 Å². The first-order chi connectivity index (χ1) is 9.56. The average molecular weight is 331 g/mol. The van der Waals surface area contributed by atoms with Crippen molar-refractivity contribution in [2.45, 2.75) is 25.8 Å². The van der Waals surface area contributed by atoms with Gasteiger partial charge in [0.1, 0.15) is 0 Å². The molecule has 4 nitrogen and oxygen atoms in total. The molecule has 0 radical (unpaired) electrons. The molecule has 6 heteroatoms. The molecule has 1 amide bonds. The highest BCUT2D eigenvalue weighted by Crippen LogP contribution is 2.12. The van der Waals surface area contributed by atoms with Crippen molar-refractivity contribution < 1.29 is 9.59 Å². The molecular weight excluding hydrogens is 311 g/mol. The van der Waals surface area contributed by atoms with Gasteiger partial charge in [-0.1, -0.05) is 11.6 Å². The Labute approximate surface area is 136 Å². The van der Waals surface area contributed by atoms with E-state index in [1.165, 1.54) is 0 Å². The summed E-state index contributed by atoms with van der Waals surface area (Å²) in [6.07, 6.45) is 0.521. The van der Waals surface area contributed by atoms with E-state index < -0.39 is 0 Å². The highest BCUT2D eigenvalue weighted by Gasteiger charge is 2.20. The zero-order chi connectivity index (χ0) is 14.5. The zero-order valence-corrected chi connectivity index (χ0v) is 13.5. The lowest BCUT2D eigenvalue weighted by Gasteiger charge is -2.31. The lowest BCUT2D eigenvalue weighted by molar-refractivity contribution is -0.132. The summed E-state index contributed by atoms with van der Waals surface area (Å²) in [6.45, 7) is 4.31. The average Bonchev–Trinajstić information content (AvgIpc) is 2.45. The number of hydrogen-bond acceptors (Lipinski definition) is 3. The minimum Gasteiger partial charge on any atom is -0.340 e. The molecule has 0 saturated carbocycles. The topological polar surface area (TPSA) is 49.4 Å². The van der Waals surface area contributed by atoms with Gasteiger partial charge < -0.3 is 10.2 Å². The van der Waals surface area contributed by atoms with Gasteiger partial charge >= 0.3 is 0 Å². The zero-order valence-electron chi connectivity index (χ0n) is 12.0. The Balaban J connectivity index is 0.00000220. The molecule has 1 saturated heterocycles. The van der Waals surface area contributed by atoms with Gasteiger partial charge in [0.15, 0.2) is 5.78 Å². The first-order valence-corrected chi connectivity index (χ1v) is 7.24. The number of piperazine rings is 1. The largest absolute Gasteiger partial charge is 0.340 e. The predicted octanol–water partition coefficient (Wildman–Crippen LogP) is 2.55. The van der Waals surface area contributed by atoms with E-state index in [9.17, 15) is 9.59 Å². The smallest absolute Gasteiger partial charge is 0.223 e. The number of carbonyl (C=O) groups is 2. The molecular formula is C15H20Cl2N2O2. The second-order valence-corrected chi connectivity index (χ2v) is 5.56. The van der Waals surface area contributed by atoms with Gasteiger partial charge in [0.25, 0.3) is 0 Å². The van der Waals surface area contributed by atoms with Crippen molar-refractivity contribution in [2.75, 3.05) is 19.6 Å². The van der Waals surface area contributed by atoms with Crippen LogP contribution in [0.15, 0.2) is 24.3 Å². The van der Waals surface area contributed by atoms with Crippen molar-refractivity contribution in [3.63, 3.8) is 0 Å². The van der Waals surface area contributed by atoms with Crippen LogP contribution in [0, 0.1) is 0 Å². The van der Waals surface area contributed by atoms with E-state index >= 15 is 0 Å². The summed E-state index contributed by atoms with van der Waals surface area (Å²) in [5, 5.41) is 3.89. The molecule has 0 bridgehead atoms. The Kier molecular flexibility index (Phi) is 7.15. The first kappa shape index (κ1) is 18.0. The summed E-state index contributed by atoms with van der Waals surface area (Å²) in [7, 11) is 0. The molecule has 116 valence electrons.